The number of halogens is 2. The zero-order valence-electron chi connectivity index (χ0n) is 10.9. The van der Waals surface area contributed by atoms with Crippen molar-refractivity contribution in [2.75, 3.05) is 13.1 Å². The summed E-state index contributed by atoms with van der Waals surface area (Å²) in [4.78, 5) is 24.4. The van der Waals surface area contributed by atoms with Crippen molar-refractivity contribution in [1.82, 2.24) is 4.90 Å². The van der Waals surface area contributed by atoms with Gasteiger partial charge in [0.25, 0.3) is 11.6 Å². The number of piperidine rings is 1. The van der Waals surface area contributed by atoms with Gasteiger partial charge in [0.2, 0.25) is 0 Å². The van der Waals surface area contributed by atoms with Crippen molar-refractivity contribution in [3.63, 3.8) is 0 Å². The van der Waals surface area contributed by atoms with Crippen molar-refractivity contribution < 1.29 is 9.72 Å². The Balaban J connectivity index is 2.23. The molecular weight excluding hydrogens is 348 g/mol. The van der Waals surface area contributed by atoms with Crippen LogP contribution in [0.25, 0.3) is 0 Å². The first kappa shape index (κ1) is 15.3. The van der Waals surface area contributed by atoms with E-state index in [0.717, 1.165) is 6.42 Å². The van der Waals surface area contributed by atoms with Crippen LogP contribution < -0.4 is 0 Å². The molecule has 0 aliphatic carbocycles. The molecular formula is C13H14BrClN2O3. The molecule has 0 spiro atoms. The van der Waals surface area contributed by atoms with Crippen LogP contribution in [0, 0.1) is 16.0 Å². The maximum atomic E-state index is 12.4. The highest BCUT2D eigenvalue weighted by Crippen LogP contribution is 2.26. The number of rotatable bonds is 2. The zero-order valence-corrected chi connectivity index (χ0v) is 13.2. The molecule has 1 heterocycles. The molecule has 1 aliphatic heterocycles. The number of hydrogen-bond donors (Lipinski definition) is 0. The summed E-state index contributed by atoms with van der Waals surface area (Å²) in [5.74, 6) is 0.157. The van der Waals surface area contributed by atoms with E-state index >= 15 is 0 Å². The number of nitro groups is 1. The predicted molar refractivity (Wildman–Crippen MR) is 80.1 cm³/mol. The van der Waals surface area contributed by atoms with Crippen LogP contribution in [0.2, 0.25) is 0 Å². The van der Waals surface area contributed by atoms with Gasteiger partial charge in [-0.3, -0.25) is 14.9 Å². The fourth-order valence-corrected chi connectivity index (χ4v) is 2.97. The van der Waals surface area contributed by atoms with Crippen LogP contribution in [0.15, 0.2) is 22.7 Å². The molecule has 1 aromatic rings. The van der Waals surface area contributed by atoms with E-state index in [0.29, 0.717) is 29.0 Å². The maximum absolute atomic E-state index is 12.4. The van der Waals surface area contributed by atoms with Gasteiger partial charge in [0.1, 0.15) is 0 Å². The Kier molecular flexibility index (Phi) is 4.65. The number of carbonyl (C=O) groups is 1. The first-order valence-corrected chi connectivity index (χ1v) is 7.49. The van der Waals surface area contributed by atoms with E-state index in [2.05, 4.69) is 22.9 Å². The Hall–Kier alpha value is -1.14. The minimum Gasteiger partial charge on any atom is -0.337 e. The topological polar surface area (TPSA) is 63.5 Å². The second kappa shape index (κ2) is 6.10. The summed E-state index contributed by atoms with van der Waals surface area (Å²) in [5, 5.41) is 10.8. The summed E-state index contributed by atoms with van der Waals surface area (Å²) in [5.41, 5.74) is 0.208. The second-order valence-corrected chi connectivity index (χ2v) is 6.46. The second-order valence-electron chi connectivity index (χ2n) is 4.99. The van der Waals surface area contributed by atoms with Crippen LogP contribution in [-0.4, -0.2) is 34.2 Å². The number of alkyl halides is 1. The van der Waals surface area contributed by atoms with E-state index in [9.17, 15) is 14.9 Å². The van der Waals surface area contributed by atoms with E-state index in [1.807, 2.05) is 0 Å². The Morgan fingerprint density at radius 3 is 2.80 bits per heavy atom. The summed E-state index contributed by atoms with van der Waals surface area (Å²) in [7, 11) is 0. The summed E-state index contributed by atoms with van der Waals surface area (Å²) in [6.45, 7) is 3.16. The molecule has 0 radical (unpaired) electrons. The van der Waals surface area contributed by atoms with E-state index in [1.54, 1.807) is 11.0 Å². The quantitative estimate of drug-likeness (QED) is 0.460. The molecule has 2 unspecified atom stereocenters. The number of nitrogens with zero attached hydrogens (tertiary/aromatic N) is 2. The van der Waals surface area contributed by atoms with Gasteiger partial charge < -0.3 is 4.90 Å². The Bertz CT molecular complexity index is 552. The van der Waals surface area contributed by atoms with Gasteiger partial charge >= 0.3 is 0 Å². The minimum absolute atomic E-state index is 0.0742. The molecule has 5 nitrogen and oxygen atoms in total. The molecule has 2 atom stereocenters. The number of carbonyl (C=O) groups excluding carboxylic acids is 1. The third kappa shape index (κ3) is 3.30. The molecule has 0 aromatic heterocycles. The molecule has 0 bridgehead atoms. The van der Waals surface area contributed by atoms with E-state index in [4.69, 9.17) is 11.6 Å². The highest BCUT2D eigenvalue weighted by atomic mass is 79.9. The van der Waals surface area contributed by atoms with E-state index in [1.165, 1.54) is 12.1 Å². The van der Waals surface area contributed by atoms with Crippen LogP contribution in [-0.2, 0) is 0 Å². The van der Waals surface area contributed by atoms with Gasteiger partial charge in [0.15, 0.2) is 0 Å². The van der Waals surface area contributed by atoms with Crippen molar-refractivity contribution in [1.29, 1.82) is 0 Å². The van der Waals surface area contributed by atoms with Crippen molar-refractivity contribution in [2.24, 2.45) is 5.92 Å². The van der Waals surface area contributed by atoms with Crippen molar-refractivity contribution in [2.45, 2.75) is 18.7 Å². The van der Waals surface area contributed by atoms with Crippen molar-refractivity contribution >= 4 is 39.1 Å². The summed E-state index contributed by atoms with van der Waals surface area (Å²) < 4.78 is 0.517. The lowest BCUT2D eigenvalue weighted by molar-refractivity contribution is -0.385. The van der Waals surface area contributed by atoms with Crippen LogP contribution in [0.5, 0.6) is 0 Å². The molecule has 7 heteroatoms. The minimum atomic E-state index is -0.510. The van der Waals surface area contributed by atoms with Gasteiger partial charge in [-0.05, 0) is 18.4 Å². The molecule has 1 saturated heterocycles. The van der Waals surface area contributed by atoms with Crippen molar-refractivity contribution in [3.8, 4) is 0 Å². The molecule has 1 amide bonds. The predicted octanol–water partition coefficient (Wildman–Crippen LogP) is 3.45. The van der Waals surface area contributed by atoms with Crippen LogP contribution in [0.1, 0.15) is 23.7 Å². The average molecular weight is 362 g/mol. The third-order valence-corrected chi connectivity index (χ3v) is 4.52. The SMILES string of the molecule is CC1CCN(C(=O)c2cc(Br)cc([N+](=O)[O-])c2)CC1Cl. The first-order chi connectivity index (χ1) is 9.38. The number of benzene rings is 1. The highest BCUT2D eigenvalue weighted by Gasteiger charge is 2.28. The molecule has 1 aliphatic rings. The average Bonchev–Trinajstić information content (AvgIpc) is 2.40. The van der Waals surface area contributed by atoms with Crippen LogP contribution >= 0.6 is 27.5 Å². The maximum Gasteiger partial charge on any atom is 0.271 e. The Morgan fingerprint density at radius 1 is 1.50 bits per heavy atom. The molecule has 2 rings (SSSR count). The smallest absolute Gasteiger partial charge is 0.271 e. The standard InChI is InChI=1S/C13H14BrClN2O3/c1-8-2-3-16(7-12(8)15)13(18)9-4-10(14)6-11(5-9)17(19)20/h4-6,8,12H,2-3,7H2,1H3. The molecule has 1 aromatic carbocycles. The molecule has 108 valence electrons. The Morgan fingerprint density at radius 2 is 2.20 bits per heavy atom. The van der Waals surface area contributed by atoms with Gasteiger partial charge in [0.05, 0.1) is 10.3 Å². The third-order valence-electron chi connectivity index (χ3n) is 3.49. The normalized spacial score (nSPS) is 22.6. The van der Waals surface area contributed by atoms with Gasteiger partial charge in [-0.1, -0.05) is 22.9 Å². The summed E-state index contributed by atoms with van der Waals surface area (Å²) >= 11 is 9.39. The van der Waals surface area contributed by atoms with Gasteiger partial charge in [-0.15, -0.1) is 11.6 Å². The number of non-ortho nitro benzene ring substituents is 1. The van der Waals surface area contributed by atoms with E-state index in [-0.39, 0.29) is 17.0 Å². The van der Waals surface area contributed by atoms with Crippen molar-refractivity contribution in [3.05, 3.63) is 38.3 Å². The van der Waals surface area contributed by atoms with Crippen LogP contribution in [0.4, 0.5) is 5.69 Å². The number of nitro benzene ring substituents is 1. The molecule has 0 saturated carbocycles. The van der Waals surface area contributed by atoms with Gasteiger partial charge in [-0.25, -0.2) is 0 Å². The van der Waals surface area contributed by atoms with Gasteiger partial charge in [-0.2, -0.15) is 0 Å². The number of amides is 1. The first-order valence-electron chi connectivity index (χ1n) is 6.27. The Labute approximate surface area is 130 Å². The largest absolute Gasteiger partial charge is 0.337 e. The molecule has 1 fully saturated rings. The molecule has 0 N–H and O–H groups in total. The lowest BCUT2D eigenvalue weighted by Crippen LogP contribution is -2.43. The molecule has 20 heavy (non-hydrogen) atoms. The number of likely N-dealkylation sites (tertiary alicyclic amines) is 1. The fraction of sp³-hybridized carbons (Fsp3) is 0.462. The lowest BCUT2D eigenvalue weighted by atomic mass is 9.98. The van der Waals surface area contributed by atoms with Crippen LogP contribution in [0.3, 0.4) is 0 Å². The monoisotopic (exact) mass is 360 g/mol. The number of hydrogen-bond acceptors (Lipinski definition) is 3. The fourth-order valence-electron chi connectivity index (χ4n) is 2.19. The summed E-state index contributed by atoms with van der Waals surface area (Å²) in [6.07, 6.45) is 0.843. The lowest BCUT2D eigenvalue weighted by Gasteiger charge is -2.34. The van der Waals surface area contributed by atoms with E-state index < -0.39 is 4.92 Å². The highest BCUT2D eigenvalue weighted by molar-refractivity contribution is 9.10. The van der Waals surface area contributed by atoms with Gasteiger partial charge in [0, 0.05) is 35.3 Å². The summed E-state index contributed by atoms with van der Waals surface area (Å²) in [6, 6.07) is 4.27. The zero-order chi connectivity index (χ0) is 14.9.